The molecule has 0 saturated heterocycles. The van der Waals surface area contributed by atoms with E-state index in [4.69, 9.17) is 48.7 Å². The Hall–Kier alpha value is -2.74. The maximum atomic E-state index is 12.3. The van der Waals surface area contributed by atoms with Crippen LogP contribution < -0.4 is 14.8 Å². The average Bonchev–Trinajstić information content (AvgIpc) is 3.21. The van der Waals surface area contributed by atoms with Crippen LogP contribution in [0.25, 0.3) is 5.57 Å². The van der Waals surface area contributed by atoms with Crippen molar-refractivity contribution in [2.75, 3.05) is 6.61 Å². The molecule has 1 N–H and O–H groups in total. The third kappa shape index (κ3) is 5.54. The van der Waals surface area contributed by atoms with Gasteiger partial charge in [0.15, 0.2) is 13.2 Å². The van der Waals surface area contributed by atoms with Gasteiger partial charge in [-0.05, 0) is 43.3 Å². The predicted octanol–water partition coefficient (Wildman–Crippen LogP) is 5.35. The highest BCUT2D eigenvalue weighted by Gasteiger charge is 2.36. The summed E-state index contributed by atoms with van der Waals surface area (Å²) in [6.07, 6.45) is 2.42. The van der Waals surface area contributed by atoms with Crippen LogP contribution in [0.3, 0.4) is 0 Å². The van der Waals surface area contributed by atoms with Crippen molar-refractivity contribution < 1.29 is 18.7 Å². The van der Waals surface area contributed by atoms with Crippen molar-refractivity contribution >= 4 is 46.3 Å². The molecule has 1 unspecified atom stereocenters. The van der Waals surface area contributed by atoms with Crippen LogP contribution in [-0.2, 0) is 11.4 Å². The van der Waals surface area contributed by atoms with Crippen LogP contribution in [0.2, 0.25) is 15.1 Å². The lowest BCUT2D eigenvalue weighted by Gasteiger charge is -2.36. The molecule has 0 saturated carbocycles. The van der Waals surface area contributed by atoms with E-state index in [1.54, 1.807) is 42.5 Å². The van der Waals surface area contributed by atoms with Crippen molar-refractivity contribution in [3.05, 3.63) is 75.4 Å². The van der Waals surface area contributed by atoms with Gasteiger partial charge in [-0.1, -0.05) is 40.9 Å². The Morgan fingerprint density at radius 3 is 2.50 bits per heavy atom. The van der Waals surface area contributed by atoms with Crippen molar-refractivity contribution in [1.82, 2.24) is 15.5 Å². The van der Waals surface area contributed by atoms with Gasteiger partial charge >= 0.3 is 0 Å². The van der Waals surface area contributed by atoms with Crippen LogP contribution in [-0.4, -0.2) is 28.3 Å². The van der Waals surface area contributed by atoms with E-state index in [1.165, 1.54) is 0 Å². The van der Waals surface area contributed by atoms with Crippen molar-refractivity contribution in [1.29, 1.82) is 0 Å². The summed E-state index contributed by atoms with van der Waals surface area (Å²) in [4.78, 5) is 12.3. The lowest BCUT2D eigenvalue weighted by Crippen LogP contribution is -2.50. The molecule has 1 aromatic heterocycles. The molecular formula is C22H18Cl3N3O4. The van der Waals surface area contributed by atoms with E-state index in [2.05, 4.69) is 15.5 Å². The Morgan fingerprint density at radius 2 is 1.78 bits per heavy atom. The Balaban J connectivity index is 1.27. The predicted molar refractivity (Wildman–Crippen MR) is 121 cm³/mol. The van der Waals surface area contributed by atoms with Crippen LogP contribution >= 0.6 is 34.8 Å². The number of carbonyl (C=O) groups excluding carboxylic acids is 1. The topological polar surface area (TPSA) is 86.5 Å². The molecule has 3 aromatic rings. The molecular weight excluding hydrogens is 477 g/mol. The van der Waals surface area contributed by atoms with E-state index in [0.29, 0.717) is 44.8 Å². The number of ether oxygens (including phenoxy) is 2. The van der Waals surface area contributed by atoms with Crippen LogP contribution in [0.5, 0.6) is 11.5 Å². The fourth-order valence-electron chi connectivity index (χ4n) is 3.16. The molecule has 166 valence electrons. The maximum Gasteiger partial charge on any atom is 0.258 e. The summed E-state index contributed by atoms with van der Waals surface area (Å²) in [5.74, 6) is 1.59. The first-order valence-electron chi connectivity index (χ1n) is 9.61. The smallest absolute Gasteiger partial charge is 0.258 e. The number of halogens is 3. The minimum absolute atomic E-state index is 0.141. The first-order valence-corrected chi connectivity index (χ1v) is 10.7. The van der Waals surface area contributed by atoms with E-state index in [-0.39, 0.29) is 19.1 Å². The summed E-state index contributed by atoms with van der Waals surface area (Å²) >= 11 is 17.7. The van der Waals surface area contributed by atoms with Crippen molar-refractivity contribution in [2.45, 2.75) is 25.5 Å². The number of hydrogen-bond donors (Lipinski definition) is 1. The Morgan fingerprint density at radius 1 is 1.06 bits per heavy atom. The molecule has 0 spiro atoms. The summed E-state index contributed by atoms with van der Waals surface area (Å²) < 4.78 is 16.7. The van der Waals surface area contributed by atoms with E-state index in [9.17, 15) is 4.79 Å². The van der Waals surface area contributed by atoms with Gasteiger partial charge in [-0.2, -0.15) is 0 Å². The summed E-state index contributed by atoms with van der Waals surface area (Å²) in [5, 5.41) is 12.4. The zero-order chi connectivity index (χ0) is 22.7. The van der Waals surface area contributed by atoms with E-state index in [1.807, 2.05) is 13.0 Å². The first kappa shape index (κ1) is 22.5. The van der Waals surface area contributed by atoms with Gasteiger partial charge in [0, 0.05) is 23.1 Å². The zero-order valence-electron chi connectivity index (χ0n) is 16.9. The highest BCUT2D eigenvalue weighted by Crippen LogP contribution is 2.36. The van der Waals surface area contributed by atoms with Crippen LogP contribution in [0.15, 0.2) is 53.0 Å². The fraction of sp³-hybridized carbons (Fsp3) is 0.227. The monoisotopic (exact) mass is 493 g/mol. The molecule has 1 aliphatic rings. The molecule has 32 heavy (non-hydrogen) atoms. The summed E-state index contributed by atoms with van der Waals surface area (Å²) in [7, 11) is 0. The molecule has 7 nitrogen and oxygen atoms in total. The standard InChI is InChI=1S/C22H18Cl3N3O4/c1-22(26-19(29)11-30-16-6-7-17(24)18(25)8-16)9-13(10-22)21-28-27-20(32-21)12-31-15-4-2-14(23)3-5-15/h2-9H,10-12H2,1H3,(H,26,29). The molecule has 4 rings (SSSR count). The Labute approximate surface area is 199 Å². The molecule has 0 aliphatic heterocycles. The lowest BCUT2D eigenvalue weighted by atomic mass is 9.80. The van der Waals surface area contributed by atoms with Gasteiger partial charge in [-0.3, -0.25) is 4.79 Å². The molecule has 1 heterocycles. The van der Waals surface area contributed by atoms with E-state index in [0.717, 1.165) is 5.57 Å². The summed E-state index contributed by atoms with van der Waals surface area (Å²) in [6, 6.07) is 11.8. The van der Waals surface area contributed by atoms with Crippen LogP contribution in [0.4, 0.5) is 0 Å². The van der Waals surface area contributed by atoms with Gasteiger partial charge in [0.25, 0.3) is 11.8 Å². The zero-order valence-corrected chi connectivity index (χ0v) is 19.2. The molecule has 10 heteroatoms. The molecule has 0 radical (unpaired) electrons. The number of carbonyl (C=O) groups is 1. The second-order valence-corrected chi connectivity index (χ2v) is 8.67. The number of aromatic nitrogens is 2. The van der Waals surface area contributed by atoms with Crippen molar-refractivity contribution in [3.8, 4) is 11.5 Å². The number of hydrogen-bond acceptors (Lipinski definition) is 6. The number of amides is 1. The maximum absolute atomic E-state index is 12.3. The minimum Gasteiger partial charge on any atom is -0.484 e. The molecule has 1 amide bonds. The third-order valence-corrected chi connectivity index (χ3v) is 5.64. The van der Waals surface area contributed by atoms with Gasteiger partial charge in [-0.15, -0.1) is 10.2 Å². The largest absolute Gasteiger partial charge is 0.484 e. The second kappa shape index (κ2) is 9.40. The molecule has 1 atom stereocenters. The molecule has 0 bridgehead atoms. The van der Waals surface area contributed by atoms with Gasteiger partial charge in [0.2, 0.25) is 5.89 Å². The quantitative estimate of drug-likeness (QED) is 0.454. The highest BCUT2D eigenvalue weighted by atomic mass is 35.5. The number of benzene rings is 2. The van der Waals surface area contributed by atoms with Gasteiger partial charge in [0.1, 0.15) is 11.5 Å². The van der Waals surface area contributed by atoms with Crippen molar-refractivity contribution in [3.63, 3.8) is 0 Å². The Kier molecular flexibility index (Phi) is 6.60. The number of nitrogens with one attached hydrogen (secondary N) is 1. The normalized spacial score (nSPS) is 17.3. The molecule has 0 fully saturated rings. The van der Waals surface area contributed by atoms with Gasteiger partial charge < -0.3 is 19.2 Å². The fourth-order valence-corrected chi connectivity index (χ4v) is 3.57. The first-order chi connectivity index (χ1) is 15.3. The molecule has 2 aromatic carbocycles. The van der Waals surface area contributed by atoms with Crippen LogP contribution in [0, 0.1) is 0 Å². The van der Waals surface area contributed by atoms with Crippen molar-refractivity contribution in [2.24, 2.45) is 0 Å². The highest BCUT2D eigenvalue weighted by molar-refractivity contribution is 6.42. The SMILES string of the molecule is CC1(NC(=O)COc2ccc(Cl)c(Cl)c2)C=C(c2nnc(COc3ccc(Cl)cc3)o2)C1. The van der Waals surface area contributed by atoms with Gasteiger partial charge in [-0.25, -0.2) is 0 Å². The Bertz CT molecular complexity index is 1160. The second-order valence-electron chi connectivity index (χ2n) is 7.42. The number of nitrogens with zero attached hydrogens (tertiary/aromatic N) is 2. The lowest BCUT2D eigenvalue weighted by molar-refractivity contribution is -0.124. The molecule has 1 aliphatic carbocycles. The summed E-state index contributed by atoms with van der Waals surface area (Å²) in [5.41, 5.74) is 0.324. The average molecular weight is 495 g/mol. The third-order valence-electron chi connectivity index (χ3n) is 4.65. The minimum atomic E-state index is -0.526. The van der Waals surface area contributed by atoms with Gasteiger partial charge in [0.05, 0.1) is 15.6 Å². The van der Waals surface area contributed by atoms with E-state index < -0.39 is 5.54 Å². The van der Waals surface area contributed by atoms with Crippen LogP contribution in [0.1, 0.15) is 25.1 Å². The van der Waals surface area contributed by atoms with E-state index >= 15 is 0 Å². The number of rotatable bonds is 8. The summed E-state index contributed by atoms with van der Waals surface area (Å²) in [6.45, 7) is 1.89.